The van der Waals surface area contributed by atoms with E-state index < -0.39 is 10.0 Å². The van der Waals surface area contributed by atoms with Crippen LogP contribution in [0.5, 0.6) is 0 Å². The third kappa shape index (κ3) is 5.24. The molecule has 0 saturated heterocycles. The van der Waals surface area contributed by atoms with Gasteiger partial charge in [-0.2, -0.15) is 8.42 Å². The van der Waals surface area contributed by atoms with Crippen LogP contribution < -0.4 is 10.1 Å². The highest BCUT2D eigenvalue weighted by atomic mass is 35.5. The standard InChI is InChI=1S/C19H20ClN3O4S2/c1-3-27-11-10-23-17-9-6-15(21-13(2)24)12-18(17)28-19(23)22-29(25,26)16-7-4-14(20)5-8-16/h4-9,12H,3,10-11H2,1-2H3,(H,21,24)/b22-19-. The summed E-state index contributed by atoms with van der Waals surface area (Å²) in [6.07, 6.45) is 0. The van der Waals surface area contributed by atoms with Crippen LogP contribution in [-0.4, -0.2) is 32.1 Å². The molecule has 0 spiro atoms. The van der Waals surface area contributed by atoms with Gasteiger partial charge in [0, 0.05) is 30.8 Å². The van der Waals surface area contributed by atoms with Crippen molar-refractivity contribution < 1.29 is 17.9 Å². The maximum absolute atomic E-state index is 12.8. The number of halogens is 1. The molecule has 0 saturated carbocycles. The van der Waals surface area contributed by atoms with Crippen molar-refractivity contribution in [2.75, 3.05) is 18.5 Å². The van der Waals surface area contributed by atoms with Crippen LogP contribution in [0, 0.1) is 0 Å². The third-order valence-electron chi connectivity index (χ3n) is 3.98. The van der Waals surface area contributed by atoms with Crippen LogP contribution in [0.4, 0.5) is 5.69 Å². The van der Waals surface area contributed by atoms with E-state index in [1.807, 2.05) is 13.0 Å². The van der Waals surface area contributed by atoms with Crippen LogP contribution in [-0.2, 0) is 26.1 Å². The molecular weight excluding hydrogens is 434 g/mol. The summed E-state index contributed by atoms with van der Waals surface area (Å²) in [5.74, 6) is -0.180. The van der Waals surface area contributed by atoms with Crippen LogP contribution >= 0.6 is 22.9 Å². The van der Waals surface area contributed by atoms with Crippen LogP contribution in [0.1, 0.15) is 13.8 Å². The van der Waals surface area contributed by atoms with Crippen LogP contribution in [0.25, 0.3) is 10.2 Å². The first kappa shape index (κ1) is 21.5. The Morgan fingerprint density at radius 2 is 1.97 bits per heavy atom. The van der Waals surface area contributed by atoms with E-state index in [2.05, 4.69) is 9.71 Å². The van der Waals surface area contributed by atoms with Crippen LogP contribution in [0.2, 0.25) is 5.02 Å². The number of amides is 1. The van der Waals surface area contributed by atoms with Crippen molar-refractivity contribution in [3.8, 4) is 0 Å². The summed E-state index contributed by atoms with van der Waals surface area (Å²) in [5.41, 5.74) is 1.45. The summed E-state index contributed by atoms with van der Waals surface area (Å²) in [6, 6.07) is 11.3. The van der Waals surface area contributed by atoms with Crippen molar-refractivity contribution in [2.24, 2.45) is 4.40 Å². The minimum Gasteiger partial charge on any atom is -0.380 e. The zero-order valence-electron chi connectivity index (χ0n) is 15.9. The number of thiazole rings is 1. The average molecular weight is 454 g/mol. The molecule has 1 aromatic heterocycles. The van der Waals surface area contributed by atoms with E-state index >= 15 is 0 Å². The molecule has 0 aliphatic heterocycles. The molecular formula is C19H20ClN3O4S2. The fourth-order valence-electron chi connectivity index (χ4n) is 2.70. The molecule has 0 atom stereocenters. The number of hydrogen-bond acceptors (Lipinski definition) is 5. The van der Waals surface area contributed by atoms with Gasteiger partial charge in [-0.15, -0.1) is 4.40 Å². The molecule has 1 heterocycles. The summed E-state index contributed by atoms with van der Waals surface area (Å²) in [7, 11) is -3.91. The molecule has 0 aliphatic rings. The first-order valence-electron chi connectivity index (χ1n) is 8.85. The number of benzene rings is 2. The van der Waals surface area contributed by atoms with Crippen molar-refractivity contribution in [1.29, 1.82) is 0 Å². The lowest BCUT2D eigenvalue weighted by Crippen LogP contribution is -2.19. The number of ether oxygens (including phenoxy) is 1. The number of rotatable bonds is 7. The highest BCUT2D eigenvalue weighted by molar-refractivity contribution is 7.90. The molecule has 0 bridgehead atoms. The molecule has 29 heavy (non-hydrogen) atoms. The fourth-order valence-corrected chi connectivity index (χ4v) is 5.13. The number of sulfonamides is 1. The molecule has 2 aromatic carbocycles. The maximum atomic E-state index is 12.8. The predicted octanol–water partition coefficient (Wildman–Crippen LogP) is 3.64. The Morgan fingerprint density at radius 3 is 2.62 bits per heavy atom. The third-order valence-corrected chi connectivity index (χ3v) is 6.67. The summed E-state index contributed by atoms with van der Waals surface area (Å²) >= 11 is 7.08. The lowest BCUT2D eigenvalue weighted by atomic mass is 10.3. The number of fused-ring (bicyclic) bond motifs is 1. The van der Waals surface area contributed by atoms with Gasteiger partial charge in [0.05, 0.1) is 21.7 Å². The quantitative estimate of drug-likeness (QED) is 0.553. The number of carbonyl (C=O) groups excluding carboxylic acids is 1. The van der Waals surface area contributed by atoms with E-state index in [0.717, 1.165) is 10.2 Å². The Labute approximate surface area is 177 Å². The maximum Gasteiger partial charge on any atom is 0.285 e. The van der Waals surface area contributed by atoms with Gasteiger partial charge in [0.25, 0.3) is 10.0 Å². The Hall–Kier alpha value is -2.20. The van der Waals surface area contributed by atoms with Gasteiger partial charge in [0.15, 0.2) is 0 Å². The van der Waals surface area contributed by atoms with Gasteiger partial charge in [0.2, 0.25) is 10.7 Å². The number of nitrogens with zero attached hydrogens (tertiary/aromatic N) is 2. The van der Waals surface area contributed by atoms with Crippen molar-refractivity contribution in [1.82, 2.24) is 4.57 Å². The normalized spacial score (nSPS) is 12.4. The topological polar surface area (TPSA) is 89.8 Å². The minimum absolute atomic E-state index is 0.0645. The van der Waals surface area contributed by atoms with Gasteiger partial charge in [-0.3, -0.25) is 4.79 Å². The minimum atomic E-state index is -3.91. The molecule has 10 heteroatoms. The van der Waals surface area contributed by atoms with Crippen molar-refractivity contribution in [3.63, 3.8) is 0 Å². The Morgan fingerprint density at radius 1 is 1.24 bits per heavy atom. The molecule has 3 rings (SSSR count). The molecule has 0 aliphatic carbocycles. The first-order valence-corrected chi connectivity index (χ1v) is 11.5. The molecule has 0 fully saturated rings. The van der Waals surface area contributed by atoms with Gasteiger partial charge in [-0.1, -0.05) is 22.9 Å². The highest BCUT2D eigenvalue weighted by Crippen LogP contribution is 2.23. The van der Waals surface area contributed by atoms with Gasteiger partial charge < -0.3 is 14.6 Å². The smallest absolute Gasteiger partial charge is 0.285 e. The fraction of sp³-hybridized carbons (Fsp3) is 0.263. The van der Waals surface area contributed by atoms with Crippen molar-refractivity contribution >= 4 is 54.8 Å². The zero-order chi connectivity index (χ0) is 21.0. The van der Waals surface area contributed by atoms with Gasteiger partial charge in [0.1, 0.15) is 0 Å². The molecule has 0 unspecified atom stereocenters. The lowest BCUT2D eigenvalue weighted by molar-refractivity contribution is -0.114. The number of hydrogen-bond donors (Lipinski definition) is 1. The second kappa shape index (κ2) is 9.08. The summed E-state index contributed by atoms with van der Waals surface area (Å²) in [6.45, 7) is 4.75. The van der Waals surface area contributed by atoms with E-state index in [0.29, 0.717) is 35.3 Å². The Bertz CT molecular complexity index is 1200. The molecule has 3 aromatic rings. The largest absolute Gasteiger partial charge is 0.380 e. The zero-order valence-corrected chi connectivity index (χ0v) is 18.3. The molecule has 7 nitrogen and oxygen atoms in total. The second-order valence-electron chi connectivity index (χ2n) is 6.12. The van der Waals surface area contributed by atoms with Crippen LogP contribution in [0.15, 0.2) is 51.8 Å². The molecule has 154 valence electrons. The Balaban J connectivity index is 2.12. The monoisotopic (exact) mass is 453 g/mol. The van der Waals surface area contributed by atoms with Crippen LogP contribution in [0.3, 0.4) is 0 Å². The summed E-state index contributed by atoms with van der Waals surface area (Å²) in [4.78, 5) is 11.7. The summed E-state index contributed by atoms with van der Waals surface area (Å²) < 4.78 is 37.7. The van der Waals surface area contributed by atoms with E-state index in [9.17, 15) is 13.2 Å². The molecule has 0 radical (unpaired) electrons. The van der Waals surface area contributed by atoms with E-state index in [4.69, 9.17) is 16.3 Å². The van der Waals surface area contributed by atoms with Gasteiger partial charge in [-0.05, 0) is 49.4 Å². The van der Waals surface area contributed by atoms with Gasteiger partial charge in [-0.25, -0.2) is 0 Å². The SMILES string of the molecule is CCOCCn1/c(=N/S(=O)(=O)c2ccc(Cl)cc2)sc2cc(NC(C)=O)ccc21. The van der Waals surface area contributed by atoms with Crippen molar-refractivity contribution in [3.05, 3.63) is 52.3 Å². The van der Waals surface area contributed by atoms with Gasteiger partial charge >= 0.3 is 0 Å². The van der Waals surface area contributed by atoms with Crippen molar-refractivity contribution in [2.45, 2.75) is 25.3 Å². The van der Waals surface area contributed by atoms with E-state index in [1.54, 1.807) is 16.7 Å². The molecule has 1 N–H and O–H groups in total. The van der Waals surface area contributed by atoms with E-state index in [-0.39, 0.29) is 10.8 Å². The first-order chi connectivity index (χ1) is 13.8. The number of carbonyl (C=O) groups is 1. The highest BCUT2D eigenvalue weighted by Gasteiger charge is 2.15. The average Bonchev–Trinajstić information content (AvgIpc) is 2.97. The Kier molecular flexibility index (Phi) is 6.74. The second-order valence-corrected chi connectivity index (χ2v) is 9.17. The number of nitrogens with one attached hydrogen (secondary N) is 1. The number of anilines is 1. The lowest BCUT2D eigenvalue weighted by Gasteiger charge is -2.07. The predicted molar refractivity (Wildman–Crippen MR) is 115 cm³/mol. The van der Waals surface area contributed by atoms with E-state index in [1.165, 1.54) is 42.5 Å². The summed E-state index contributed by atoms with van der Waals surface area (Å²) in [5, 5.41) is 3.18. The molecule has 1 amide bonds. The number of aromatic nitrogens is 1.